The van der Waals surface area contributed by atoms with Gasteiger partial charge < -0.3 is 5.73 Å². The van der Waals surface area contributed by atoms with E-state index in [1.165, 1.54) is 0 Å². The summed E-state index contributed by atoms with van der Waals surface area (Å²) in [7, 11) is 0. The number of hydrogen-bond donors (Lipinski definition) is 2. The van der Waals surface area contributed by atoms with Crippen LogP contribution in [0, 0.1) is 0 Å². The van der Waals surface area contributed by atoms with Gasteiger partial charge in [-0.05, 0) is 12.8 Å². The predicted octanol–water partition coefficient (Wildman–Crippen LogP) is -1.42. The van der Waals surface area contributed by atoms with E-state index in [1.807, 2.05) is 12.2 Å². The Labute approximate surface area is 74.8 Å². The third-order valence-electron chi connectivity index (χ3n) is 2.20. The molecule has 0 bridgehead atoms. The maximum Gasteiger partial charge on any atom is 0.271 e. The summed E-state index contributed by atoms with van der Waals surface area (Å²) in [4.78, 5) is 11.3. The second-order valence-electron chi connectivity index (χ2n) is 3.02. The SMILES string of the molecule is NCc1n[nH]c(=O)c2c1=CCCC=2. The zero-order valence-corrected chi connectivity index (χ0v) is 7.21. The molecule has 0 aromatic carbocycles. The molecule has 1 aliphatic rings. The molecule has 1 aliphatic carbocycles. The molecule has 0 radical (unpaired) electrons. The summed E-state index contributed by atoms with van der Waals surface area (Å²) in [6, 6.07) is 0. The van der Waals surface area contributed by atoms with Crippen LogP contribution in [0.3, 0.4) is 0 Å². The van der Waals surface area contributed by atoms with Gasteiger partial charge in [0.2, 0.25) is 0 Å². The van der Waals surface area contributed by atoms with Crippen LogP contribution >= 0.6 is 0 Å². The van der Waals surface area contributed by atoms with Crippen molar-refractivity contribution >= 4 is 12.2 Å². The van der Waals surface area contributed by atoms with Crippen LogP contribution in [0.2, 0.25) is 0 Å². The first-order valence-corrected chi connectivity index (χ1v) is 4.31. The Hall–Kier alpha value is -1.42. The lowest BCUT2D eigenvalue weighted by Gasteiger charge is -2.02. The summed E-state index contributed by atoms with van der Waals surface area (Å²) in [5, 5.41) is 7.98. The van der Waals surface area contributed by atoms with Crippen molar-refractivity contribution in [2.75, 3.05) is 0 Å². The van der Waals surface area contributed by atoms with Crippen molar-refractivity contribution in [2.45, 2.75) is 19.4 Å². The van der Waals surface area contributed by atoms with Crippen molar-refractivity contribution in [1.29, 1.82) is 0 Å². The molecule has 4 heteroatoms. The minimum Gasteiger partial charge on any atom is -0.325 e. The molecule has 1 heterocycles. The van der Waals surface area contributed by atoms with Crippen LogP contribution in [0.4, 0.5) is 0 Å². The molecule has 13 heavy (non-hydrogen) atoms. The molecule has 3 N–H and O–H groups in total. The summed E-state index contributed by atoms with van der Waals surface area (Å²) in [6.45, 7) is 0.365. The number of nitrogens with one attached hydrogen (secondary N) is 1. The Morgan fingerprint density at radius 1 is 1.38 bits per heavy atom. The van der Waals surface area contributed by atoms with Gasteiger partial charge >= 0.3 is 0 Å². The van der Waals surface area contributed by atoms with Gasteiger partial charge in [-0.1, -0.05) is 12.2 Å². The number of aromatic nitrogens is 2. The van der Waals surface area contributed by atoms with Crippen molar-refractivity contribution in [3.8, 4) is 0 Å². The van der Waals surface area contributed by atoms with Gasteiger partial charge in [-0.15, -0.1) is 0 Å². The van der Waals surface area contributed by atoms with Crippen molar-refractivity contribution in [3.05, 3.63) is 26.5 Å². The molecule has 0 amide bonds. The van der Waals surface area contributed by atoms with E-state index < -0.39 is 0 Å². The molecule has 0 unspecified atom stereocenters. The maximum absolute atomic E-state index is 11.3. The first kappa shape index (κ1) is 8.19. The van der Waals surface area contributed by atoms with Crippen LogP contribution in [0.5, 0.6) is 0 Å². The fourth-order valence-corrected chi connectivity index (χ4v) is 1.56. The van der Waals surface area contributed by atoms with Crippen molar-refractivity contribution in [1.82, 2.24) is 10.2 Å². The van der Waals surface area contributed by atoms with Gasteiger partial charge in [0.15, 0.2) is 0 Å². The van der Waals surface area contributed by atoms with E-state index in [2.05, 4.69) is 10.2 Å². The van der Waals surface area contributed by atoms with Crippen LogP contribution in [-0.2, 0) is 6.54 Å². The lowest BCUT2D eigenvalue weighted by molar-refractivity contribution is 0.848. The largest absolute Gasteiger partial charge is 0.325 e. The van der Waals surface area contributed by atoms with Crippen LogP contribution in [0.25, 0.3) is 12.2 Å². The molecular weight excluding hydrogens is 166 g/mol. The summed E-state index contributed by atoms with van der Waals surface area (Å²) in [5.41, 5.74) is 6.15. The summed E-state index contributed by atoms with van der Waals surface area (Å²) < 4.78 is 0. The first-order valence-electron chi connectivity index (χ1n) is 4.31. The Balaban J connectivity index is 2.91. The number of hydrogen-bond acceptors (Lipinski definition) is 3. The van der Waals surface area contributed by atoms with Crippen LogP contribution < -0.4 is 21.7 Å². The van der Waals surface area contributed by atoms with Gasteiger partial charge in [0.1, 0.15) is 0 Å². The highest BCUT2D eigenvalue weighted by Crippen LogP contribution is 1.93. The fraction of sp³-hybridized carbons (Fsp3) is 0.333. The molecule has 0 saturated heterocycles. The van der Waals surface area contributed by atoms with E-state index in [9.17, 15) is 4.79 Å². The molecule has 1 aromatic rings. The van der Waals surface area contributed by atoms with Gasteiger partial charge in [-0.3, -0.25) is 4.79 Å². The molecule has 0 saturated carbocycles. The molecule has 0 fully saturated rings. The molecule has 1 aromatic heterocycles. The Kier molecular flexibility index (Phi) is 1.98. The predicted molar refractivity (Wildman–Crippen MR) is 50.2 cm³/mol. The van der Waals surface area contributed by atoms with Crippen LogP contribution in [0.15, 0.2) is 4.79 Å². The second kappa shape index (κ2) is 3.14. The lowest BCUT2D eigenvalue weighted by Crippen LogP contribution is -2.45. The normalized spacial score (nSPS) is 14.2. The Morgan fingerprint density at radius 2 is 2.08 bits per heavy atom. The quantitative estimate of drug-likeness (QED) is 0.553. The average Bonchev–Trinajstić information content (AvgIpc) is 2.19. The van der Waals surface area contributed by atoms with E-state index >= 15 is 0 Å². The number of nitrogens with two attached hydrogens (primary N) is 1. The molecule has 0 aliphatic heterocycles. The topological polar surface area (TPSA) is 71.8 Å². The maximum atomic E-state index is 11.3. The van der Waals surface area contributed by atoms with E-state index in [1.54, 1.807) is 0 Å². The van der Waals surface area contributed by atoms with Gasteiger partial charge in [0, 0.05) is 17.0 Å². The van der Waals surface area contributed by atoms with Gasteiger partial charge in [-0.2, -0.15) is 5.10 Å². The van der Waals surface area contributed by atoms with Crippen molar-refractivity contribution < 1.29 is 0 Å². The third kappa shape index (κ3) is 1.29. The van der Waals surface area contributed by atoms with Gasteiger partial charge in [0.25, 0.3) is 5.56 Å². The lowest BCUT2D eigenvalue weighted by atomic mass is 10.1. The first-order chi connectivity index (χ1) is 6.33. The Morgan fingerprint density at radius 3 is 2.77 bits per heavy atom. The summed E-state index contributed by atoms with van der Waals surface area (Å²) in [5.74, 6) is 0. The van der Waals surface area contributed by atoms with Gasteiger partial charge in [0.05, 0.1) is 5.69 Å². The number of rotatable bonds is 1. The second-order valence-corrected chi connectivity index (χ2v) is 3.02. The average molecular weight is 177 g/mol. The number of aromatic amines is 1. The number of H-pyrrole nitrogens is 1. The molecule has 2 rings (SSSR count). The molecule has 68 valence electrons. The number of nitrogens with zero attached hydrogens (tertiary/aromatic N) is 1. The zero-order valence-electron chi connectivity index (χ0n) is 7.21. The third-order valence-corrected chi connectivity index (χ3v) is 2.20. The standard InChI is InChI=1S/C9H11N3O/c10-5-8-6-3-1-2-4-7(6)9(13)12-11-8/h3-4H,1-2,5,10H2,(H,12,13). The van der Waals surface area contributed by atoms with E-state index in [0.717, 1.165) is 29.0 Å². The van der Waals surface area contributed by atoms with Crippen LogP contribution in [0.1, 0.15) is 18.5 Å². The van der Waals surface area contributed by atoms with Crippen molar-refractivity contribution in [2.24, 2.45) is 5.73 Å². The highest BCUT2D eigenvalue weighted by atomic mass is 16.1. The minimum atomic E-state index is -0.122. The molecule has 4 nitrogen and oxygen atoms in total. The number of fused-ring (bicyclic) bond motifs is 1. The van der Waals surface area contributed by atoms with Crippen molar-refractivity contribution in [3.63, 3.8) is 0 Å². The van der Waals surface area contributed by atoms with Gasteiger partial charge in [-0.25, -0.2) is 5.10 Å². The van der Waals surface area contributed by atoms with E-state index in [0.29, 0.717) is 6.54 Å². The smallest absolute Gasteiger partial charge is 0.271 e. The summed E-state index contributed by atoms with van der Waals surface area (Å²) in [6.07, 6.45) is 5.85. The highest BCUT2D eigenvalue weighted by Gasteiger charge is 2.02. The molecular formula is C9H11N3O. The Bertz CT molecular complexity index is 487. The van der Waals surface area contributed by atoms with E-state index in [-0.39, 0.29) is 5.56 Å². The van der Waals surface area contributed by atoms with E-state index in [4.69, 9.17) is 5.73 Å². The highest BCUT2D eigenvalue weighted by molar-refractivity contribution is 5.38. The fourth-order valence-electron chi connectivity index (χ4n) is 1.56. The zero-order chi connectivity index (χ0) is 9.26. The summed E-state index contributed by atoms with van der Waals surface area (Å²) >= 11 is 0. The van der Waals surface area contributed by atoms with Crippen LogP contribution in [-0.4, -0.2) is 10.2 Å². The minimum absolute atomic E-state index is 0.122. The monoisotopic (exact) mass is 177 g/mol. The molecule has 0 atom stereocenters. The molecule has 0 spiro atoms.